The number of carbonyl (C=O) groups excluding carboxylic acids is 1. The fraction of sp³-hybridized carbons (Fsp3) is 0.364. The molecule has 0 heterocycles. The topological polar surface area (TPSA) is 17.1 Å². The van der Waals surface area contributed by atoms with Crippen molar-refractivity contribution in [3.05, 3.63) is 34.9 Å². The van der Waals surface area contributed by atoms with Crippen molar-refractivity contribution in [3.8, 4) is 0 Å². The molecule has 1 rings (SSSR count). The molecule has 4 heteroatoms. The van der Waals surface area contributed by atoms with Crippen LogP contribution in [0.1, 0.15) is 23.2 Å². The quantitative estimate of drug-likeness (QED) is 0.738. The third-order valence-corrected chi connectivity index (χ3v) is 3.63. The Balaban J connectivity index is 2.72. The van der Waals surface area contributed by atoms with Crippen molar-refractivity contribution in [1.82, 2.24) is 0 Å². The molecule has 0 aliphatic carbocycles. The Labute approximate surface area is 108 Å². The van der Waals surface area contributed by atoms with Gasteiger partial charge in [0.15, 0.2) is 5.78 Å². The molecular weight excluding hydrogens is 299 g/mol. The van der Waals surface area contributed by atoms with Gasteiger partial charge in [0.1, 0.15) is 0 Å². The Morgan fingerprint density at radius 1 is 1.40 bits per heavy atom. The summed E-state index contributed by atoms with van der Waals surface area (Å²) in [6, 6.07) is 7.33. The highest BCUT2D eigenvalue weighted by Gasteiger charge is 2.18. The van der Waals surface area contributed by atoms with E-state index in [4.69, 9.17) is 23.2 Å². The van der Waals surface area contributed by atoms with E-state index in [1.807, 2.05) is 18.2 Å². The molecule has 82 valence electrons. The first-order valence-electron chi connectivity index (χ1n) is 4.64. The van der Waals surface area contributed by atoms with Crippen LogP contribution < -0.4 is 0 Å². The SMILES string of the molecule is O=C(CCCCl)C(Br)c1ccccc1Cl. The Hall–Kier alpha value is -0.0500. The van der Waals surface area contributed by atoms with E-state index in [-0.39, 0.29) is 10.6 Å². The summed E-state index contributed by atoms with van der Waals surface area (Å²) in [5.74, 6) is 0.623. The van der Waals surface area contributed by atoms with E-state index in [1.54, 1.807) is 6.07 Å². The van der Waals surface area contributed by atoms with Crippen molar-refractivity contribution in [2.45, 2.75) is 17.7 Å². The predicted octanol–water partition coefficient (Wildman–Crippen LogP) is 4.36. The third-order valence-electron chi connectivity index (χ3n) is 2.02. The molecule has 0 fully saturated rings. The van der Waals surface area contributed by atoms with Gasteiger partial charge in [-0.05, 0) is 18.1 Å². The molecule has 1 aromatic carbocycles. The summed E-state index contributed by atoms with van der Waals surface area (Å²) < 4.78 is 0. The first-order chi connectivity index (χ1) is 7.16. The minimum atomic E-state index is -0.325. The second kappa shape index (κ2) is 6.51. The van der Waals surface area contributed by atoms with Crippen LogP contribution in [0.5, 0.6) is 0 Å². The lowest BCUT2D eigenvalue weighted by molar-refractivity contribution is -0.118. The lowest BCUT2D eigenvalue weighted by Crippen LogP contribution is -2.06. The van der Waals surface area contributed by atoms with Gasteiger partial charge in [-0.2, -0.15) is 0 Å². The van der Waals surface area contributed by atoms with Crippen LogP contribution in [-0.2, 0) is 4.79 Å². The van der Waals surface area contributed by atoms with Crippen LogP contribution in [0.2, 0.25) is 5.02 Å². The van der Waals surface area contributed by atoms with Gasteiger partial charge in [-0.25, -0.2) is 0 Å². The number of carbonyl (C=O) groups is 1. The molecule has 0 saturated heterocycles. The smallest absolute Gasteiger partial charge is 0.151 e. The molecule has 0 aliphatic rings. The maximum atomic E-state index is 11.7. The number of Topliss-reactive ketones (excluding diaryl/α,β-unsaturated/α-hetero) is 1. The summed E-state index contributed by atoms with van der Waals surface area (Å²) in [4.78, 5) is 11.4. The van der Waals surface area contributed by atoms with Crippen molar-refractivity contribution >= 4 is 44.9 Å². The molecule has 1 aromatic rings. The van der Waals surface area contributed by atoms with E-state index >= 15 is 0 Å². The van der Waals surface area contributed by atoms with Crippen molar-refractivity contribution in [3.63, 3.8) is 0 Å². The molecule has 0 aliphatic heterocycles. The average molecular weight is 310 g/mol. The fourth-order valence-corrected chi connectivity index (χ4v) is 2.36. The monoisotopic (exact) mass is 308 g/mol. The summed E-state index contributed by atoms with van der Waals surface area (Å²) in [6.07, 6.45) is 1.18. The molecule has 1 unspecified atom stereocenters. The zero-order valence-corrected chi connectivity index (χ0v) is 11.1. The maximum Gasteiger partial charge on any atom is 0.151 e. The van der Waals surface area contributed by atoms with Gasteiger partial charge in [0.25, 0.3) is 0 Å². The number of alkyl halides is 2. The van der Waals surface area contributed by atoms with Gasteiger partial charge in [0.2, 0.25) is 0 Å². The van der Waals surface area contributed by atoms with Gasteiger partial charge in [-0.1, -0.05) is 45.7 Å². The molecule has 15 heavy (non-hydrogen) atoms. The summed E-state index contributed by atoms with van der Waals surface area (Å²) in [5.41, 5.74) is 0.818. The second-order valence-electron chi connectivity index (χ2n) is 3.14. The zero-order chi connectivity index (χ0) is 11.3. The number of ketones is 1. The molecule has 0 aromatic heterocycles. The van der Waals surface area contributed by atoms with Gasteiger partial charge in [0, 0.05) is 17.3 Å². The molecule has 1 nitrogen and oxygen atoms in total. The lowest BCUT2D eigenvalue weighted by atomic mass is 10.1. The van der Waals surface area contributed by atoms with Crippen LogP contribution in [0.4, 0.5) is 0 Å². The minimum Gasteiger partial charge on any atom is -0.298 e. The van der Waals surface area contributed by atoms with Crippen LogP contribution >= 0.6 is 39.1 Å². The third kappa shape index (κ3) is 3.78. The van der Waals surface area contributed by atoms with Crippen LogP contribution in [0.3, 0.4) is 0 Å². The van der Waals surface area contributed by atoms with E-state index in [9.17, 15) is 4.79 Å². The average Bonchev–Trinajstić information content (AvgIpc) is 2.25. The number of rotatable bonds is 5. The summed E-state index contributed by atoms with van der Waals surface area (Å²) in [5, 5.41) is 0.610. The van der Waals surface area contributed by atoms with E-state index in [0.29, 0.717) is 23.7 Å². The molecule has 0 saturated carbocycles. The van der Waals surface area contributed by atoms with Crippen LogP contribution in [0.15, 0.2) is 24.3 Å². The zero-order valence-electron chi connectivity index (χ0n) is 8.05. The standard InChI is InChI=1S/C11H11BrCl2O/c12-11(10(15)6-3-7-13)8-4-1-2-5-9(8)14/h1-2,4-5,11H,3,6-7H2. The first kappa shape index (κ1) is 13.0. The van der Waals surface area contributed by atoms with Crippen molar-refractivity contribution in [1.29, 1.82) is 0 Å². The molecular formula is C11H11BrCl2O. The highest BCUT2D eigenvalue weighted by molar-refractivity contribution is 9.09. The van der Waals surface area contributed by atoms with Gasteiger partial charge >= 0.3 is 0 Å². The first-order valence-corrected chi connectivity index (χ1v) is 6.47. The van der Waals surface area contributed by atoms with Crippen LogP contribution in [0.25, 0.3) is 0 Å². The molecule has 0 radical (unpaired) electrons. The summed E-state index contributed by atoms with van der Waals surface area (Å²) >= 11 is 14.9. The largest absolute Gasteiger partial charge is 0.298 e. The van der Waals surface area contributed by atoms with E-state index in [0.717, 1.165) is 5.56 Å². The Morgan fingerprint density at radius 2 is 2.07 bits per heavy atom. The second-order valence-corrected chi connectivity index (χ2v) is 4.84. The Bertz CT molecular complexity index is 341. The van der Waals surface area contributed by atoms with Gasteiger partial charge in [0.05, 0.1) is 4.83 Å². The van der Waals surface area contributed by atoms with Crippen molar-refractivity contribution in [2.75, 3.05) is 5.88 Å². The van der Waals surface area contributed by atoms with Crippen LogP contribution in [-0.4, -0.2) is 11.7 Å². The Morgan fingerprint density at radius 3 is 2.67 bits per heavy atom. The number of benzene rings is 1. The number of hydrogen-bond donors (Lipinski definition) is 0. The number of hydrogen-bond acceptors (Lipinski definition) is 1. The molecule has 1 atom stereocenters. The van der Waals surface area contributed by atoms with E-state index in [2.05, 4.69) is 15.9 Å². The van der Waals surface area contributed by atoms with Crippen molar-refractivity contribution < 1.29 is 4.79 Å². The number of halogens is 3. The predicted molar refractivity (Wildman–Crippen MR) is 68.1 cm³/mol. The highest BCUT2D eigenvalue weighted by Crippen LogP contribution is 2.30. The van der Waals surface area contributed by atoms with E-state index < -0.39 is 0 Å². The summed E-state index contributed by atoms with van der Waals surface area (Å²) in [6.45, 7) is 0. The van der Waals surface area contributed by atoms with Gasteiger partial charge < -0.3 is 0 Å². The van der Waals surface area contributed by atoms with Crippen LogP contribution in [0, 0.1) is 0 Å². The molecule has 0 amide bonds. The summed E-state index contributed by atoms with van der Waals surface area (Å²) in [7, 11) is 0. The molecule has 0 N–H and O–H groups in total. The molecule has 0 bridgehead atoms. The normalized spacial score (nSPS) is 12.5. The highest BCUT2D eigenvalue weighted by atomic mass is 79.9. The van der Waals surface area contributed by atoms with Crippen molar-refractivity contribution in [2.24, 2.45) is 0 Å². The Kier molecular flexibility index (Phi) is 5.65. The maximum absolute atomic E-state index is 11.7. The van der Waals surface area contributed by atoms with E-state index in [1.165, 1.54) is 0 Å². The lowest BCUT2D eigenvalue weighted by Gasteiger charge is -2.10. The fourth-order valence-electron chi connectivity index (χ4n) is 1.22. The van der Waals surface area contributed by atoms with Gasteiger partial charge in [-0.3, -0.25) is 4.79 Å². The van der Waals surface area contributed by atoms with Gasteiger partial charge in [-0.15, -0.1) is 11.6 Å². The minimum absolute atomic E-state index is 0.115. The molecule has 0 spiro atoms.